The molecule has 1 saturated heterocycles. The van der Waals surface area contributed by atoms with Crippen LogP contribution in [0.1, 0.15) is 44.9 Å². The Balaban J connectivity index is 0. The lowest BCUT2D eigenvalue weighted by Gasteiger charge is -2.14. The van der Waals surface area contributed by atoms with Gasteiger partial charge < -0.3 is 20.8 Å². The van der Waals surface area contributed by atoms with Gasteiger partial charge in [0, 0.05) is 13.5 Å². The van der Waals surface area contributed by atoms with Gasteiger partial charge in [-0.05, 0) is 45.3 Å². The lowest BCUT2D eigenvalue weighted by molar-refractivity contribution is -0.193. The quantitative estimate of drug-likeness (QED) is 0.262. The summed E-state index contributed by atoms with van der Waals surface area (Å²) in [6.07, 6.45) is -2.69. The molecule has 0 atom stereocenters. The zero-order valence-corrected chi connectivity index (χ0v) is 18.8. The van der Waals surface area contributed by atoms with Gasteiger partial charge in [0.2, 0.25) is 5.91 Å². The molecule has 1 aliphatic heterocycles. The molecule has 0 spiro atoms. The fourth-order valence-electron chi connectivity index (χ4n) is 2.34. The van der Waals surface area contributed by atoms with Crippen LogP contribution in [0.4, 0.5) is 26.3 Å². The summed E-state index contributed by atoms with van der Waals surface area (Å²) in [7, 11) is 1.84. The van der Waals surface area contributed by atoms with Crippen molar-refractivity contribution in [1.29, 1.82) is 0 Å². The van der Waals surface area contributed by atoms with Crippen molar-refractivity contribution >= 4 is 17.8 Å². The van der Waals surface area contributed by atoms with E-state index in [4.69, 9.17) is 25.5 Å². The second-order valence-electron chi connectivity index (χ2n) is 7.15. The number of alkyl halides is 6. The Morgan fingerprint density at radius 2 is 1.32 bits per heavy atom. The zero-order chi connectivity index (χ0) is 26.8. The Kier molecular flexibility index (Phi) is 17.7. The highest BCUT2D eigenvalue weighted by Gasteiger charge is 2.38. The molecule has 0 aromatic rings. The van der Waals surface area contributed by atoms with Gasteiger partial charge in [0.15, 0.2) is 0 Å². The van der Waals surface area contributed by atoms with E-state index in [0.717, 1.165) is 38.8 Å². The van der Waals surface area contributed by atoms with Crippen LogP contribution >= 0.6 is 0 Å². The van der Waals surface area contributed by atoms with Crippen LogP contribution < -0.4 is 5.73 Å². The predicted octanol–water partition coefficient (Wildman–Crippen LogP) is 2.72. The monoisotopic (exact) mass is 507 g/mol. The summed E-state index contributed by atoms with van der Waals surface area (Å²) in [5.41, 5.74) is 5.44. The maximum Gasteiger partial charge on any atom is 0.490 e. The SMILES string of the molecule is CN(CC#CCN1CCCC1)C(=O)CCCCCCN.O=C(O)C(F)(F)F.O=C(O)C(F)(F)F. The Morgan fingerprint density at radius 3 is 1.74 bits per heavy atom. The first-order valence-corrected chi connectivity index (χ1v) is 10.3. The number of nitrogens with two attached hydrogens (primary N) is 1. The molecule has 1 heterocycles. The molecule has 198 valence electrons. The van der Waals surface area contributed by atoms with Crippen LogP contribution in [0.25, 0.3) is 0 Å². The standard InChI is InChI=1S/C16H29N3O.2C2HF3O2/c1-18(16(20)10-4-2-3-5-11-17)12-6-7-13-19-14-8-9-15-19;2*3-2(4,5)1(6)7/h2-5,8-15,17H2,1H3;2*(H,6,7). The highest BCUT2D eigenvalue weighted by molar-refractivity contribution is 5.76. The number of unbranched alkanes of at least 4 members (excludes halogenated alkanes) is 3. The number of hydrogen-bond acceptors (Lipinski definition) is 5. The van der Waals surface area contributed by atoms with Crippen LogP contribution in [-0.4, -0.2) is 90.0 Å². The molecule has 0 aromatic carbocycles. The molecule has 34 heavy (non-hydrogen) atoms. The highest BCUT2D eigenvalue weighted by Crippen LogP contribution is 2.13. The number of carbonyl (C=O) groups is 3. The second kappa shape index (κ2) is 17.9. The van der Waals surface area contributed by atoms with Gasteiger partial charge in [0.1, 0.15) is 0 Å². The molecular formula is C20H31F6N3O5. The van der Waals surface area contributed by atoms with Crippen LogP contribution in [0.3, 0.4) is 0 Å². The number of carboxylic acids is 2. The topological polar surface area (TPSA) is 124 Å². The molecule has 0 bridgehead atoms. The van der Waals surface area contributed by atoms with Crippen LogP contribution in [-0.2, 0) is 14.4 Å². The van der Waals surface area contributed by atoms with Gasteiger partial charge in [0.25, 0.3) is 0 Å². The number of likely N-dealkylation sites (tertiary alicyclic amines) is 1. The first-order chi connectivity index (χ1) is 15.6. The van der Waals surface area contributed by atoms with E-state index in [0.29, 0.717) is 13.0 Å². The number of nitrogens with zero attached hydrogens (tertiary/aromatic N) is 2. The van der Waals surface area contributed by atoms with E-state index in [-0.39, 0.29) is 5.91 Å². The molecule has 1 fully saturated rings. The molecule has 8 nitrogen and oxygen atoms in total. The average molecular weight is 507 g/mol. The molecule has 1 amide bonds. The molecule has 4 N–H and O–H groups in total. The first kappa shape index (κ1) is 33.6. The summed E-state index contributed by atoms with van der Waals surface area (Å²) in [6.45, 7) is 4.50. The van der Waals surface area contributed by atoms with Gasteiger partial charge >= 0.3 is 24.3 Å². The van der Waals surface area contributed by atoms with Crippen molar-refractivity contribution in [3.8, 4) is 11.8 Å². The second-order valence-corrected chi connectivity index (χ2v) is 7.15. The lowest BCUT2D eigenvalue weighted by atomic mass is 10.1. The van der Waals surface area contributed by atoms with Gasteiger partial charge in [-0.3, -0.25) is 9.69 Å². The number of amides is 1. The van der Waals surface area contributed by atoms with Gasteiger partial charge in [-0.15, -0.1) is 0 Å². The van der Waals surface area contributed by atoms with Crippen LogP contribution in [0.2, 0.25) is 0 Å². The van der Waals surface area contributed by atoms with Crippen molar-refractivity contribution < 1.29 is 50.9 Å². The minimum absolute atomic E-state index is 0.202. The van der Waals surface area contributed by atoms with Gasteiger partial charge in [0.05, 0.1) is 13.1 Å². The maximum atomic E-state index is 11.8. The number of carbonyl (C=O) groups excluding carboxylic acids is 1. The fraction of sp³-hybridized carbons (Fsp3) is 0.750. The van der Waals surface area contributed by atoms with Crippen molar-refractivity contribution in [2.75, 3.05) is 39.8 Å². The largest absolute Gasteiger partial charge is 0.490 e. The van der Waals surface area contributed by atoms with Gasteiger partial charge in [-0.25, -0.2) is 9.59 Å². The maximum absolute atomic E-state index is 11.8. The first-order valence-electron chi connectivity index (χ1n) is 10.3. The minimum atomic E-state index is -5.08. The Labute approximate surface area is 194 Å². The Morgan fingerprint density at radius 1 is 0.882 bits per heavy atom. The van der Waals surface area contributed by atoms with E-state index in [1.807, 2.05) is 7.05 Å². The minimum Gasteiger partial charge on any atom is -0.475 e. The third kappa shape index (κ3) is 20.1. The van der Waals surface area contributed by atoms with E-state index in [2.05, 4.69) is 16.7 Å². The number of rotatable bonds is 8. The van der Waals surface area contributed by atoms with Crippen molar-refractivity contribution in [1.82, 2.24) is 9.80 Å². The highest BCUT2D eigenvalue weighted by atomic mass is 19.4. The third-order valence-electron chi connectivity index (χ3n) is 4.20. The number of halogens is 6. The molecular weight excluding hydrogens is 476 g/mol. The van der Waals surface area contributed by atoms with E-state index < -0.39 is 24.3 Å². The summed E-state index contributed by atoms with van der Waals surface area (Å²) in [4.78, 5) is 33.7. The van der Waals surface area contributed by atoms with Crippen molar-refractivity contribution in [3.05, 3.63) is 0 Å². The third-order valence-corrected chi connectivity index (χ3v) is 4.20. The number of hydrogen-bond donors (Lipinski definition) is 3. The number of carboxylic acid groups (broad SMARTS) is 2. The van der Waals surface area contributed by atoms with Crippen LogP contribution in [0, 0.1) is 11.8 Å². The molecule has 0 aromatic heterocycles. The molecule has 0 radical (unpaired) electrons. The predicted molar refractivity (Wildman–Crippen MR) is 111 cm³/mol. The van der Waals surface area contributed by atoms with Gasteiger partial charge in [-0.2, -0.15) is 26.3 Å². The summed E-state index contributed by atoms with van der Waals surface area (Å²) in [5.74, 6) is 0.954. The van der Waals surface area contributed by atoms with E-state index in [9.17, 15) is 31.1 Å². The van der Waals surface area contributed by atoms with E-state index in [1.54, 1.807) is 4.90 Å². The summed E-state index contributed by atoms with van der Waals surface area (Å²) >= 11 is 0. The Bertz CT molecular complexity index is 644. The summed E-state index contributed by atoms with van der Waals surface area (Å²) in [5, 5.41) is 14.2. The molecule has 1 aliphatic rings. The van der Waals surface area contributed by atoms with E-state index in [1.165, 1.54) is 25.9 Å². The fourth-order valence-corrected chi connectivity index (χ4v) is 2.34. The Hall–Kier alpha value is -2.53. The molecule has 0 unspecified atom stereocenters. The summed E-state index contributed by atoms with van der Waals surface area (Å²) < 4.78 is 63.5. The normalized spacial score (nSPS) is 13.4. The van der Waals surface area contributed by atoms with Crippen molar-refractivity contribution in [3.63, 3.8) is 0 Å². The molecule has 0 aliphatic carbocycles. The smallest absolute Gasteiger partial charge is 0.475 e. The average Bonchev–Trinajstić information content (AvgIpc) is 3.23. The summed E-state index contributed by atoms with van der Waals surface area (Å²) in [6, 6.07) is 0. The van der Waals surface area contributed by atoms with Crippen LogP contribution in [0.15, 0.2) is 0 Å². The van der Waals surface area contributed by atoms with Gasteiger partial charge in [-0.1, -0.05) is 24.7 Å². The zero-order valence-electron chi connectivity index (χ0n) is 18.8. The van der Waals surface area contributed by atoms with E-state index >= 15 is 0 Å². The van der Waals surface area contributed by atoms with Crippen LogP contribution in [0.5, 0.6) is 0 Å². The molecule has 0 saturated carbocycles. The number of aliphatic carboxylic acids is 2. The lowest BCUT2D eigenvalue weighted by Crippen LogP contribution is -2.27. The van der Waals surface area contributed by atoms with Crippen molar-refractivity contribution in [2.24, 2.45) is 5.73 Å². The molecule has 14 heteroatoms. The van der Waals surface area contributed by atoms with Crippen molar-refractivity contribution in [2.45, 2.75) is 57.3 Å². The molecule has 1 rings (SSSR count).